The number of rotatable bonds is 0. The van der Waals surface area contributed by atoms with Gasteiger partial charge in [0.15, 0.2) is 0 Å². The largest absolute Gasteiger partial charge is 1.41 e. The van der Waals surface area contributed by atoms with Crippen LogP contribution in [0.5, 0.6) is 0 Å². The Morgan fingerprint density at radius 2 is 1.25 bits per heavy atom. The summed E-state index contributed by atoms with van der Waals surface area (Å²) in [6, 6.07) is 0. The highest BCUT2D eigenvalue weighted by Gasteiger charge is 1.99. The summed E-state index contributed by atoms with van der Waals surface area (Å²) in [6.45, 7) is 0. The predicted molar refractivity (Wildman–Crippen MR) is 19.8 cm³/mol. The Hall–Kier alpha value is 0.726. The van der Waals surface area contributed by atoms with Crippen LogP contribution in [0.15, 0.2) is 0 Å². The lowest BCUT2D eigenvalue weighted by molar-refractivity contribution is 0.399. The van der Waals surface area contributed by atoms with Gasteiger partial charge in [-0.3, -0.25) is 0 Å². The lowest BCUT2D eigenvalue weighted by Crippen LogP contribution is -1.25. The molecule has 0 fully saturated rings. The maximum absolute atomic E-state index is 7.00. The van der Waals surface area contributed by atoms with Crippen LogP contribution in [-0.4, -0.2) is 33.9 Å². The zero-order chi connectivity index (χ0) is 4.00. The molecule has 0 aliphatic carbocycles. The molecule has 0 aromatic rings. The normalized spacial score (nSPS) is 3.00. The molecule has 1 nitrogen and oxygen atoms in total. The molecule has 0 aliphatic rings. The van der Waals surface area contributed by atoms with Crippen molar-refractivity contribution >= 4 is 21.7 Å². The monoisotopic (exact) mass is 71.0 g/mol. The van der Waals surface area contributed by atoms with E-state index >= 15 is 0 Å². The fourth-order valence-electron chi connectivity index (χ4n) is 0. The molecule has 0 saturated carbocycles. The highest BCUT2D eigenvalue weighted by molar-refractivity contribution is 6.05. The molecule has 0 aromatic carbocycles. The average Bonchev–Trinajstić information content (AvgIpc) is 1.50. The van der Waals surface area contributed by atoms with Gasteiger partial charge in [0, 0.05) is 7.11 Å². The molecule has 0 heterocycles. The molecule has 2 heteroatoms. The molecule has 0 spiro atoms. The van der Waals surface area contributed by atoms with Crippen molar-refractivity contribution in [2.45, 2.75) is 5.05 Å². The van der Waals surface area contributed by atoms with Gasteiger partial charge in [-0.15, -0.1) is 0 Å². The van der Waals surface area contributed by atoms with Crippen LogP contribution in [-0.2, 0) is 0 Å². The van der Waals surface area contributed by atoms with Crippen molar-refractivity contribution in [1.29, 1.82) is 0 Å². The van der Waals surface area contributed by atoms with Crippen LogP contribution in [0.25, 0.3) is 0 Å². The van der Waals surface area contributed by atoms with Gasteiger partial charge in [0.1, 0.15) is 0 Å². The molecule has 0 amide bonds. The lowest BCUT2D eigenvalue weighted by Gasteiger charge is -1.21. The molecule has 0 rings (SSSR count). The van der Waals surface area contributed by atoms with Crippen molar-refractivity contribution in [3.05, 3.63) is 0 Å². The highest BCUT2D eigenvalue weighted by Crippen LogP contribution is 0.960. The van der Waals surface area contributed by atoms with Gasteiger partial charge in [-0.05, 0) is 0 Å². The minimum Gasteiger partial charge on any atom is -0.400 e. The van der Waals surface area contributed by atoms with Gasteiger partial charge in [0.25, 0.3) is 5.05 Å². The van der Waals surface area contributed by atoms with Crippen molar-refractivity contribution in [3.63, 3.8) is 0 Å². The second-order valence-corrected chi connectivity index (χ2v) is 0. The molecule has 21 valence electrons. The Balaban J connectivity index is 0. The molecular weight excluding hydrogens is 64.3 g/mol. The van der Waals surface area contributed by atoms with Gasteiger partial charge in [0.2, 0.25) is 0 Å². The maximum atomic E-state index is 7.00. The highest BCUT2D eigenvalue weighted by atomic mass is 24.4. The van der Waals surface area contributed by atoms with Crippen LogP contribution in [0.4, 0.5) is 0 Å². The van der Waals surface area contributed by atoms with Crippen LogP contribution >= 0.6 is 0 Å². The van der Waals surface area contributed by atoms with E-state index in [1.807, 2.05) is 26.8 Å². The summed E-state index contributed by atoms with van der Waals surface area (Å²) in [5.41, 5.74) is 0. The van der Waals surface area contributed by atoms with E-state index in [1.165, 1.54) is 0 Å². The summed E-state index contributed by atoms with van der Waals surface area (Å²) in [5.74, 6) is 0. The fourth-order valence-corrected chi connectivity index (χ4v) is 0. The van der Waals surface area contributed by atoms with Gasteiger partial charge in [-0.1, -0.05) is 0 Å². The number of hydrogen-bond acceptors (Lipinski definition) is 1. The van der Waals surface area contributed by atoms with E-state index < -0.39 is 0 Å². The Morgan fingerprint density at radius 3 is 1.25 bits per heavy atom. The first-order valence-corrected chi connectivity index (χ1v) is 2.57. The van der Waals surface area contributed by atoms with Crippen LogP contribution in [0.2, 0.25) is 5.05 Å². The van der Waals surface area contributed by atoms with Crippen molar-refractivity contribution in [2.75, 3.05) is 7.11 Å². The van der Waals surface area contributed by atoms with Crippen molar-refractivity contribution in [2.24, 2.45) is 0 Å². The van der Waals surface area contributed by atoms with E-state index in [1.54, 1.807) is 0 Å². The molecule has 0 saturated heterocycles. The van der Waals surface area contributed by atoms with Crippen LogP contribution < -0.4 is 0 Å². The molecule has 0 aliphatic heterocycles. The average molecular weight is 71.4 g/mol. The molecule has 0 bridgehead atoms. The lowest BCUT2D eigenvalue weighted by atomic mass is 11.8. The molecule has 0 aromatic heterocycles. The first-order chi connectivity index (χ1) is 2.00. The van der Waals surface area contributed by atoms with Gasteiger partial charge in [-0.2, -0.15) is 0 Å². The Kier molecular flexibility index (Phi) is 116. The molecule has 4 heavy (non-hydrogen) atoms. The Labute approximate surface area is 39.5 Å². The molecule has 1 N–H and O–H groups in total. The smallest absolute Gasteiger partial charge is 0.400 e. The molecular formula is C2H7MgO+2. The van der Waals surface area contributed by atoms with Crippen molar-refractivity contribution < 1.29 is 5.11 Å². The minimum atomic E-state index is 1.00. The topological polar surface area (TPSA) is 20.2 Å². The summed E-state index contributed by atoms with van der Waals surface area (Å²) in [6.07, 6.45) is 0. The number of aliphatic hydroxyl groups excluding tert-OH is 1. The number of hydrogen-bond donors (Lipinski definition) is 1. The van der Waals surface area contributed by atoms with E-state index in [4.69, 9.17) is 5.11 Å². The number of aliphatic hydroxyl groups is 1. The first kappa shape index (κ1) is 8.83. The zero-order valence-corrected chi connectivity index (χ0v) is 4.57. The van der Waals surface area contributed by atoms with Crippen LogP contribution in [0, 0.1) is 0 Å². The van der Waals surface area contributed by atoms with Gasteiger partial charge in [-0.25, -0.2) is 0 Å². The summed E-state index contributed by atoms with van der Waals surface area (Å²) in [7, 11) is 1.00. The second kappa shape index (κ2) is 52.5. The van der Waals surface area contributed by atoms with E-state index in [9.17, 15) is 0 Å². The quantitative estimate of drug-likeness (QED) is 0.393. The summed E-state index contributed by atoms with van der Waals surface area (Å²) >= 11 is 1.86. The van der Waals surface area contributed by atoms with Crippen LogP contribution in [0.1, 0.15) is 0 Å². The van der Waals surface area contributed by atoms with Crippen molar-refractivity contribution in [1.82, 2.24) is 0 Å². The van der Waals surface area contributed by atoms with E-state index in [-0.39, 0.29) is 0 Å². The van der Waals surface area contributed by atoms with E-state index in [0.29, 0.717) is 0 Å². The molecule has 0 unspecified atom stereocenters. The third kappa shape index (κ3) is 15.4. The van der Waals surface area contributed by atoms with Gasteiger partial charge < -0.3 is 5.11 Å². The van der Waals surface area contributed by atoms with Crippen LogP contribution in [0.3, 0.4) is 0 Å². The maximum Gasteiger partial charge on any atom is 1.41 e. The SMILES string of the molecule is CO.[CH3][Mg+2]. The second-order valence-electron chi connectivity index (χ2n) is 0. The van der Waals surface area contributed by atoms with Crippen molar-refractivity contribution in [3.8, 4) is 0 Å². The summed E-state index contributed by atoms with van der Waals surface area (Å²) in [4.78, 5) is 0. The third-order valence-electron chi connectivity index (χ3n) is 0. The Bertz CT molecular complexity index is 6.00. The van der Waals surface area contributed by atoms with Gasteiger partial charge in [0.05, 0.1) is 0 Å². The summed E-state index contributed by atoms with van der Waals surface area (Å²) in [5, 5.41) is 9.03. The fraction of sp³-hybridized carbons (Fsp3) is 1.00. The first-order valence-electron chi connectivity index (χ1n) is 1.15. The van der Waals surface area contributed by atoms with E-state index in [2.05, 4.69) is 0 Å². The minimum absolute atomic E-state index is 1.00. The van der Waals surface area contributed by atoms with Gasteiger partial charge >= 0.3 is 21.7 Å². The summed E-state index contributed by atoms with van der Waals surface area (Å²) < 4.78 is 0. The molecule has 0 atom stereocenters. The third-order valence-corrected chi connectivity index (χ3v) is 0. The predicted octanol–water partition coefficient (Wildman–Crippen LogP) is -0.189. The zero-order valence-electron chi connectivity index (χ0n) is 3.15. The standard InChI is InChI=1S/CH4O.CH3.Mg/c1-2;;/h2H,1H3;1H3;/q;;+2. The Morgan fingerprint density at radius 1 is 1.25 bits per heavy atom. The van der Waals surface area contributed by atoms with E-state index in [0.717, 1.165) is 7.11 Å². The molecule has 7 radical (unpaired) electrons.